The summed E-state index contributed by atoms with van der Waals surface area (Å²) in [6.07, 6.45) is 7.78. The molecule has 1 unspecified atom stereocenters. The van der Waals surface area contributed by atoms with E-state index in [9.17, 15) is 0 Å². The maximum atomic E-state index is 2.42. The highest BCUT2D eigenvalue weighted by atomic mass is 14.2. The van der Waals surface area contributed by atoms with Gasteiger partial charge in [-0.05, 0) is 25.2 Å². The van der Waals surface area contributed by atoms with E-state index in [1.165, 1.54) is 25.7 Å². The van der Waals surface area contributed by atoms with Gasteiger partial charge in [-0.2, -0.15) is 0 Å². The molecule has 0 saturated carbocycles. The normalized spacial score (nSPS) is 26.4. The zero-order chi connectivity index (χ0) is 6.69. The second-order valence-corrected chi connectivity index (χ2v) is 3.16. The van der Waals surface area contributed by atoms with Crippen LogP contribution in [0.4, 0.5) is 0 Å². The summed E-state index contributed by atoms with van der Waals surface area (Å²) >= 11 is 0. The first kappa shape index (κ1) is 6.85. The molecule has 52 valence electrons. The summed E-state index contributed by atoms with van der Waals surface area (Å²) < 4.78 is 0. The highest BCUT2D eigenvalue weighted by Crippen LogP contribution is 2.26. The second-order valence-electron chi connectivity index (χ2n) is 3.16. The molecule has 0 fully saturated rings. The first-order valence-electron chi connectivity index (χ1n) is 4.00. The van der Waals surface area contributed by atoms with Crippen LogP contribution in [-0.2, 0) is 0 Å². The molecule has 0 heteroatoms. The number of hydrogen-bond acceptors (Lipinski definition) is 0. The average Bonchev–Trinajstić information content (AvgIpc) is 2.17. The molecule has 0 radical (unpaired) electrons. The molecule has 0 aromatic carbocycles. The van der Waals surface area contributed by atoms with Crippen molar-refractivity contribution in [1.29, 1.82) is 0 Å². The van der Waals surface area contributed by atoms with Gasteiger partial charge in [0.15, 0.2) is 0 Å². The minimum atomic E-state index is 0.937. The molecule has 0 aromatic heterocycles. The van der Waals surface area contributed by atoms with Crippen LogP contribution in [0.5, 0.6) is 0 Å². The monoisotopic (exact) mass is 124 g/mol. The van der Waals surface area contributed by atoms with Gasteiger partial charge in [0.2, 0.25) is 0 Å². The highest BCUT2D eigenvalue weighted by molar-refractivity contribution is 5.08. The average molecular weight is 124 g/mol. The van der Waals surface area contributed by atoms with Crippen LogP contribution >= 0.6 is 0 Å². The number of allylic oxidation sites excluding steroid dienone is 2. The molecule has 0 aromatic rings. The van der Waals surface area contributed by atoms with E-state index in [4.69, 9.17) is 0 Å². The Morgan fingerprint density at radius 3 is 2.89 bits per heavy atom. The van der Waals surface area contributed by atoms with Crippen molar-refractivity contribution in [1.82, 2.24) is 0 Å². The number of hydrogen-bond donors (Lipinski definition) is 0. The molecule has 9 heavy (non-hydrogen) atoms. The minimum absolute atomic E-state index is 0.937. The Morgan fingerprint density at radius 1 is 1.67 bits per heavy atom. The molecule has 0 N–H and O–H groups in total. The fourth-order valence-corrected chi connectivity index (χ4v) is 1.51. The van der Waals surface area contributed by atoms with Gasteiger partial charge in [0, 0.05) is 0 Å². The van der Waals surface area contributed by atoms with E-state index in [-0.39, 0.29) is 0 Å². The molecule has 1 aliphatic carbocycles. The predicted octanol–water partition coefficient (Wildman–Crippen LogP) is 3.14. The van der Waals surface area contributed by atoms with E-state index in [0.29, 0.717) is 0 Å². The molecule has 0 aliphatic heterocycles. The molecule has 0 nitrogen and oxygen atoms in total. The first-order chi connectivity index (χ1) is 4.33. The zero-order valence-electron chi connectivity index (χ0n) is 6.48. The van der Waals surface area contributed by atoms with E-state index < -0.39 is 0 Å². The molecule has 1 atom stereocenters. The fraction of sp³-hybridized carbons (Fsp3) is 0.778. The molecule has 0 spiro atoms. The van der Waals surface area contributed by atoms with Crippen LogP contribution < -0.4 is 0 Å². The standard InChI is InChI=1S/C9H16/c1-3-4-9-6-5-8(2)7-9/h6,8H,3-5,7H2,1-2H3. The van der Waals surface area contributed by atoms with E-state index in [1.54, 1.807) is 5.57 Å². The van der Waals surface area contributed by atoms with Gasteiger partial charge in [0.1, 0.15) is 0 Å². The lowest BCUT2D eigenvalue weighted by Gasteiger charge is -1.99. The van der Waals surface area contributed by atoms with Gasteiger partial charge >= 0.3 is 0 Å². The molecule has 0 bridgehead atoms. The molecular weight excluding hydrogens is 108 g/mol. The van der Waals surface area contributed by atoms with Crippen LogP contribution in [0.15, 0.2) is 11.6 Å². The predicted molar refractivity (Wildman–Crippen MR) is 41.4 cm³/mol. The van der Waals surface area contributed by atoms with E-state index in [2.05, 4.69) is 19.9 Å². The van der Waals surface area contributed by atoms with Crippen molar-refractivity contribution >= 4 is 0 Å². The lowest BCUT2D eigenvalue weighted by atomic mass is 10.1. The Morgan fingerprint density at radius 2 is 2.44 bits per heavy atom. The van der Waals surface area contributed by atoms with Crippen LogP contribution in [0.25, 0.3) is 0 Å². The Labute approximate surface area is 58.0 Å². The third-order valence-corrected chi connectivity index (χ3v) is 1.99. The van der Waals surface area contributed by atoms with Crippen LogP contribution in [0.1, 0.15) is 39.5 Å². The molecule has 1 aliphatic rings. The second kappa shape index (κ2) is 3.05. The lowest BCUT2D eigenvalue weighted by Crippen LogP contribution is -1.85. The molecular formula is C9H16. The summed E-state index contributed by atoms with van der Waals surface area (Å²) in [5, 5.41) is 0. The summed E-state index contributed by atoms with van der Waals surface area (Å²) in [6, 6.07) is 0. The molecule has 0 amide bonds. The van der Waals surface area contributed by atoms with Crippen LogP contribution in [0.2, 0.25) is 0 Å². The summed E-state index contributed by atoms with van der Waals surface area (Å²) in [7, 11) is 0. The van der Waals surface area contributed by atoms with Crippen molar-refractivity contribution in [3.8, 4) is 0 Å². The minimum Gasteiger partial charge on any atom is -0.0850 e. The lowest BCUT2D eigenvalue weighted by molar-refractivity contribution is 0.618. The van der Waals surface area contributed by atoms with Gasteiger partial charge in [-0.1, -0.05) is 31.9 Å². The SMILES string of the molecule is CCCC1=CCC(C)C1. The van der Waals surface area contributed by atoms with Gasteiger partial charge in [-0.15, -0.1) is 0 Å². The molecule has 0 saturated heterocycles. The Kier molecular flexibility index (Phi) is 2.32. The molecule has 0 heterocycles. The largest absolute Gasteiger partial charge is 0.0850 e. The van der Waals surface area contributed by atoms with Crippen molar-refractivity contribution in [3.63, 3.8) is 0 Å². The van der Waals surface area contributed by atoms with Crippen LogP contribution in [0.3, 0.4) is 0 Å². The van der Waals surface area contributed by atoms with Gasteiger partial charge in [0.25, 0.3) is 0 Å². The highest BCUT2D eigenvalue weighted by Gasteiger charge is 2.10. The van der Waals surface area contributed by atoms with Crippen molar-refractivity contribution in [2.75, 3.05) is 0 Å². The van der Waals surface area contributed by atoms with E-state index >= 15 is 0 Å². The third-order valence-electron chi connectivity index (χ3n) is 1.99. The summed E-state index contributed by atoms with van der Waals surface area (Å²) in [5.74, 6) is 0.937. The smallest absolute Gasteiger partial charge is 0.0291 e. The first-order valence-corrected chi connectivity index (χ1v) is 4.00. The Bertz CT molecular complexity index is 111. The summed E-state index contributed by atoms with van der Waals surface area (Å²) in [6.45, 7) is 4.59. The van der Waals surface area contributed by atoms with Gasteiger partial charge in [-0.25, -0.2) is 0 Å². The third kappa shape index (κ3) is 1.85. The Hall–Kier alpha value is -0.260. The number of rotatable bonds is 2. The quantitative estimate of drug-likeness (QED) is 0.496. The molecule has 1 rings (SSSR count). The van der Waals surface area contributed by atoms with Crippen LogP contribution in [-0.4, -0.2) is 0 Å². The maximum absolute atomic E-state index is 2.42. The van der Waals surface area contributed by atoms with Gasteiger partial charge < -0.3 is 0 Å². The maximum Gasteiger partial charge on any atom is -0.0291 e. The summed E-state index contributed by atoms with van der Waals surface area (Å²) in [4.78, 5) is 0. The van der Waals surface area contributed by atoms with Gasteiger partial charge in [0.05, 0.1) is 0 Å². The fourth-order valence-electron chi connectivity index (χ4n) is 1.51. The van der Waals surface area contributed by atoms with Crippen LogP contribution in [0, 0.1) is 5.92 Å². The summed E-state index contributed by atoms with van der Waals surface area (Å²) in [5.41, 5.74) is 1.70. The van der Waals surface area contributed by atoms with Gasteiger partial charge in [-0.3, -0.25) is 0 Å². The van der Waals surface area contributed by atoms with E-state index in [0.717, 1.165) is 5.92 Å². The van der Waals surface area contributed by atoms with Crippen molar-refractivity contribution in [3.05, 3.63) is 11.6 Å². The van der Waals surface area contributed by atoms with Crippen molar-refractivity contribution in [2.24, 2.45) is 5.92 Å². The van der Waals surface area contributed by atoms with Crippen molar-refractivity contribution < 1.29 is 0 Å². The van der Waals surface area contributed by atoms with E-state index in [1.807, 2.05) is 0 Å². The zero-order valence-corrected chi connectivity index (χ0v) is 6.48. The Balaban J connectivity index is 2.27. The van der Waals surface area contributed by atoms with Crippen molar-refractivity contribution in [2.45, 2.75) is 39.5 Å². The topological polar surface area (TPSA) is 0 Å².